The lowest BCUT2D eigenvalue weighted by Crippen LogP contribution is -2.26. The minimum Gasteiger partial charge on any atom is -0.475 e. The Labute approximate surface area is 157 Å². The number of allylic oxidation sites excluding steroid dienone is 1. The molecule has 1 heterocycles. The van der Waals surface area contributed by atoms with Crippen LogP contribution in [0.2, 0.25) is 0 Å². The van der Waals surface area contributed by atoms with Gasteiger partial charge in [0.05, 0.1) is 13.2 Å². The van der Waals surface area contributed by atoms with E-state index in [1.807, 2.05) is 48.5 Å². The molecule has 2 aromatic carbocycles. The van der Waals surface area contributed by atoms with Gasteiger partial charge in [0, 0.05) is 17.9 Å². The van der Waals surface area contributed by atoms with Crippen molar-refractivity contribution in [1.82, 2.24) is 0 Å². The highest BCUT2D eigenvalue weighted by Gasteiger charge is 2.28. The standard InChI is InChI=1S/C22H20O5/c1-2-15-7-9-18(10-8-15)19-11-20(22(24)25)27-21(12-19)26-14-17-5-3-16(13-23)4-6-17/h1,3-11,19,21,23H,12-14H2,(H,24,25)/t19-,21+/m1/s1. The molecule has 0 radical (unpaired) electrons. The number of hydrogen-bond donors (Lipinski definition) is 2. The number of hydrogen-bond acceptors (Lipinski definition) is 4. The number of rotatable bonds is 6. The van der Waals surface area contributed by atoms with Crippen molar-refractivity contribution in [3.63, 3.8) is 0 Å². The third kappa shape index (κ3) is 4.76. The van der Waals surface area contributed by atoms with E-state index in [-0.39, 0.29) is 24.9 Å². The highest BCUT2D eigenvalue weighted by Crippen LogP contribution is 2.32. The molecule has 3 rings (SSSR count). The Bertz CT molecular complexity index is 859. The normalized spacial score (nSPS) is 18.9. The molecule has 0 fully saturated rings. The fourth-order valence-corrected chi connectivity index (χ4v) is 2.90. The molecule has 2 atom stereocenters. The van der Waals surface area contributed by atoms with Crippen LogP contribution in [0.1, 0.15) is 34.6 Å². The van der Waals surface area contributed by atoms with E-state index in [2.05, 4.69) is 5.92 Å². The first-order chi connectivity index (χ1) is 13.1. The van der Waals surface area contributed by atoms with Gasteiger partial charge in [0.1, 0.15) is 0 Å². The molecular weight excluding hydrogens is 344 g/mol. The van der Waals surface area contributed by atoms with Gasteiger partial charge < -0.3 is 19.7 Å². The van der Waals surface area contributed by atoms with E-state index in [9.17, 15) is 9.90 Å². The van der Waals surface area contributed by atoms with Gasteiger partial charge in [-0.25, -0.2) is 4.79 Å². The van der Waals surface area contributed by atoms with Crippen LogP contribution in [0, 0.1) is 12.3 Å². The number of aliphatic hydroxyl groups is 1. The Balaban J connectivity index is 1.71. The smallest absolute Gasteiger partial charge is 0.370 e. The van der Waals surface area contributed by atoms with Crippen LogP contribution in [0.4, 0.5) is 0 Å². The monoisotopic (exact) mass is 364 g/mol. The van der Waals surface area contributed by atoms with Gasteiger partial charge in [-0.3, -0.25) is 0 Å². The molecule has 5 nitrogen and oxygen atoms in total. The van der Waals surface area contributed by atoms with Crippen molar-refractivity contribution in [2.75, 3.05) is 0 Å². The zero-order valence-corrected chi connectivity index (χ0v) is 14.7. The Kier molecular flexibility index (Phi) is 5.92. The predicted octanol–water partition coefficient (Wildman–Crippen LogP) is 3.18. The number of carboxylic acid groups (broad SMARTS) is 1. The molecule has 0 amide bonds. The Morgan fingerprint density at radius 1 is 1.15 bits per heavy atom. The molecule has 0 bridgehead atoms. The number of aliphatic carboxylic acids is 1. The highest BCUT2D eigenvalue weighted by atomic mass is 16.7. The maximum Gasteiger partial charge on any atom is 0.370 e. The van der Waals surface area contributed by atoms with E-state index in [1.54, 1.807) is 6.08 Å². The summed E-state index contributed by atoms with van der Waals surface area (Å²) in [5.74, 6) is 1.18. The molecule has 138 valence electrons. The first-order valence-electron chi connectivity index (χ1n) is 8.57. The van der Waals surface area contributed by atoms with Gasteiger partial charge in [-0.05, 0) is 34.9 Å². The van der Waals surface area contributed by atoms with Gasteiger partial charge >= 0.3 is 5.97 Å². The third-order valence-corrected chi connectivity index (χ3v) is 4.42. The molecule has 0 aliphatic carbocycles. The molecular formula is C22H20O5. The predicted molar refractivity (Wildman–Crippen MR) is 99.5 cm³/mol. The molecule has 0 saturated carbocycles. The second-order valence-electron chi connectivity index (χ2n) is 6.28. The van der Waals surface area contributed by atoms with Crippen molar-refractivity contribution in [3.05, 3.63) is 82.6 Å². The van der Waals surface area contributed by atoms with Crippen molar-refractivity contribution in [2.45, 2.75) is 31.8 Å². The molecule has 0 unspecified atom stereocenters. The summed E-state index contributed by atoms with van der Waals surface area (Å²) in [4.78, 5) is 11.4. The first-order valence-corrected chi connectivity index (χ1v) is 8.57. The van der Waals surface area contributed by atoms with Crippen LogP contribution in [-0.4, -0.2) is 22.5 Å². The summed E-state index contributed by atoms with van der Waals surface area (Å²) in [7, 11) is 0. The summed E-state index contributed by atoms with van der Waals surface area (Å²) in [5.41, 5.74) is 3.46. The van der Waals surface area contributed by atoms with Gasteiger partial charge in [0.2, 0.25) is 12.0 Å². The average Bonchev–Trinajstić information content (AvgIpc) is 2.72. The summed E-state index contributed by atoms with van der Waals surface area (Å²) in [6.07, 6.45) is 6.81. The van der Waals surface area contributed by atoms with Gasteiger partial charge in [-0.1, -0.05) is 42.3 Å². The number of benzene rings is 2. The molecule has 0 spiro atoms. The van der Waals surface area contributed by atoms with Gasteiger partial charge in [-0.15, -0.1) is 6.42 Å². The molecule has 1 aliphatic rings. The average molecular weight is 364 g/mol. The van der Waals surface area contributed by atoms with Crippen molar-refractivity contribution in [1.29, 1.82) is 0 Å². The van der Waals surface area contributed by atoms with Crippen LogP contribution in [0.25, 0.3) is 0 Å². The molecule has 0 saturated heterocycles. The lowest BCUT2D eigenvalue weighted by atomic mass is 9.92. The van der Waals surface area contributed by atoms with Crippen molar-refractivity contribution >= 4 is 5.97 Å². The van der Waals surface area contributed by atoms with Crippen LogP contribution < -0.4 is 0 Å². The summed E-state index contributed by atoms with van der Waals surface area (Å²) >= 11 is 0. The Morgan fingerprint density at radius 2 is 1.81 bits per heavy atom. The third-order valence-electron chi connectivity index (χ3n) is 4.42. The van der Waals surface area contributed by atoms with E-state index in [4.69, 9.17) is 21.0 Å². The fourth-order valence-electron chi connectivity index (χ4n) is 2.90. The molecule has 27 heavy (non-hydrogen) atoms. The summed E-state index contributed by atoms with van der Waals surface area (Å²) in [5, 5.41) is 18.4. The SMILES string of the molecule is C#Cc1ccc([C@@H]2C=C(C(=O)O)O[C@H](OCc3ccc(CO)cc3)C2)cc1. The maximum atomic E-state index is 11.4. The quantitative estimate of drug-likeness (QED) is 0.770. The van der Waals surface area contributed by atoms with Crippen LogP contribution in [0.5, 0.6) is 0 Å². The second-order valence-corrected chi connectivity index (χ2v) is 6.28. The van der Waals surface area contributed by atoms with E-state index < -0.39 is 12.3 Å². The minimum absolute atomic E-state index is 0.0141. The summed E-state index contributed by atoms with van der Waals surface area (Å²) in [6, 6.07) is 14.8. The van der Waals surface area contributed by atoms with E-state index in [0.717, 1.165) is 22.3 Å². The number of ether oxygens (including phenoxy) is 2. The van der Waals surface area contributed by atoms with Crippen molar-refractivity contribution in [2.24, 2.45) is 0 Å². The van der Waals surface area contributed by atoms with Gasteiger partial charge in [0.15, 0.2) is 0 Å². The molecule has 5 heteroatoms. The lowest BCUT2D eigenvalue weighted by Gasteiger charge is -2.28. The highest BCUT2D eigenvalue weighted by molar-refractivity contribution is 5.84. The summed E-state index contributed by atoms with van der Waals surface area (Å²) < 4.78 is 11.3. The first kappa shape index (κ1) is 18.7. The van der Waals surface area contributed by atoms with Gasteiger partial charge in [-0.2, -0.15) is 0 Å². The van der Waals surface area contributed by atoms with Crippen LogP contribution in [-0.2, 0) is 27.5 Å². The zero-order valence-electron chi connectivity index (χ0n) is 14.7. The van der Waals surface area contributed by atoms with E-state index >= 15 is 0 Å². The maximum absolute atomic E-state index is 11.4. The Morgan fingerprint density at radius 3 is 2.41 bits per heavy atom. The topological polar surface area (TPSA) is 76.0 Å². The molecule has 2 aromatic rings. The lowest BCUT2D eigenvalue weighted by molar-refractivity contribution is -0.159. The number of aliphatic hydroxyl groups excluding tert-OH is 1. The second kappa shape index (κ2) is 8.54. The number of terminal acetylenes is 1. The Hall–Kier alpha value is -3.07. The summed E-state index contributed by atoms with van der Waals surface area (Å²) in [6.45, 7) is 0.270. The van der Waals surface area contributed by atoms with E-state index in [0.29, 0.717) is 6.42 Å². The van der Waals surface area contributed by atoms with Crippen molar-refractivity contribution < 1.29 is 24.5 Å². The van der Waals surface area contributed by atoms with Crippen molar-refractivity contribution in [3.8, 4) is 12.3 Å². The molecule has 2 N–H and O–H groups in total. The fraction of sp³-hybridized carbons (Fsp3) is 0.227. The number of carbonyl (C=O) groups is 1. The van der Waals surface area contributed by atoms with Crippen LogP contribution in [0.3, 0.4) is 0 Å². The molecule has 0 aromatic heterocycles. The van der Waals surface area contributed by atoms with E-state index in [1.165, 1.54) is 0 Å². The number of carboxylic acids is 1. The van der Waals surface area contributed by atoms with Crippen LogP contribution in [0.15, 0.2) is 60.4 Å². The van der Waals surface area contributed by atoms with Gasteiger partial charge in [0.25, 0.3) is 0 Å². The van der Waals surface area contributed by atoms with Crippen LogP contribution >= 0.6 is 0 Å². The zero-order chi connectivity index (χ0) is 19.2. The largest absolute Gasteiger partial charge is 0.475 e. The minimum atomic E-state index is -1.12. The molecule has 1 aliphatic heterocycles.